The van der Waals surface area contributed by atoms with E-state index in [4.69, 9.17) is 0 Å². The minimum atomic E-state index is -2.97. The summed E-state index contributed by atoms with van der Waals surface area (Å²) in [4.78, 5) is 2.15. The Bertz CT molecular complexity index is 1080. The summed E-state index contributed by atoms with van der Waals surface area (Å²) >= 11 is 0. The fourth-order valence-corrected chi connectivity index (χ4v) is 10.00. The van der Waals surface area contributed by atoms with E-state index >= 15 is 0 Å². The van der Waals surface area contributed by atoms with Crippen molar-refractivity contribution in [1.29, 1.82) is 0 Å². The summed E-state index contributed by atoms with van der Waals surface area (Å²) in [6, 6.07) is 38.9. The van der Waals surface area contributed by atoms with Crippen LogP contribution in [0.1, 0.15) is 13.3 Å². The monoisotopic (exact) mass is 487 g/mol. The largest absolute Gasteiger partial charge is 0.312 e. The molecule has 4 rings (SSSR count). The molecule has 4 aromatic rings. The van der Waals surface area contributed by atoms with Gasteiger partial charge in [-0.1, -0.05) is 128 Å². The van der Waals surface area contributed by atoms with Crippen LogP contribution in [0.5, 0.6) is 0 Å². The molecular weight excluding hydrogens is 456 g/mol. The van der Waals surface area contributed by atoms with Gasteiger partial charge in [-0.2, -0.15) is 0 Å². The van der Waals surface area contributed by atoms with E-state index in [1.807, 2.05) is 121 Å². The third-order valence-electron chi connectivity index (χ3n) is 6.03. The summed E-state index contributed by atoms with van der Waals surface area (Å²) in [6.07, 6.45) is 1.57. The van der Waals surface area contributed by atoms with E-state index in [1.54, 1.807) is 0 Å². The molecule has 0 aliphatic heterocycles. The number of hydrogen-bond donors (Lipinski definition) is 0. The van der Waals surface area contributed by atoms with E-state index in [1.165, 1.54) is 0 Å². The van der Waals surface area contributed by atoms with E-state index in [0.29, 0.717) is 19.1 Å². The van der Waals surface area contributed by atoms with Gasteiger partial charge in [0.25, 0.3) is 0 Å². The van der Waals surface area contributed by atoms with Gasteiger partial charge >= 0.3 is 0 Å². The summed E-state index contributed by atoms with van der Waals surface area (Å²) in [6.45, 7) is 2.83. The van der Waals surface area contributed by atoms with E-state index in [-0.39, 0.29) is 0 Å². The van der Waals surface area contributed by atoms with Gasteiger partial charge in [-0.05, 0) is 13.0 Å². The standard InChI is InChI=1S/C29H31NO2P2/c1-2-23-30(24-33(31,26-15-7-3-8-16-26)27-17-9-4-10-18-27)25-34(32,28-19-11-5-12-20-28)29-21-13-6-14-22-29/h3-22H,2,23-25H2,1H3. The maximum atomic E-state index is 14.7. The van der Waals surface area contributed by atoms with Gasteiger partial charge in [-0.25, -0.2) is 0 Å². The highest BCUT2D eigenvalue weighted by Crippen LogP contribution is 2.48. The Kier molecular flexibility index (Phi) is 8.01. The highest BCUT2D eigenvalue weighted by molar-refractivity contribution is 7.79. The molecule has 3 nitrogen and oxygen atoms in total. The molecule has 174 valence electrons. The molecule has 0 aliphatic rings. The average Bonchev–Trinajstić information content (AvgIpc) is 2.90. The predicted octanol–water partition coefficient (Wildman–Crippen LogP) is 5.64. The fraction of sp³-hybridized carbons (Fsp3) is 0.172. The zero-order valence-corrected chi connectivity index (χ0v) is 21.3. The molecule has 4 aromatic carbocycles. The van der Waals surface area contributed by atoms with Crippen molar-refractivity contribution in [3.63, 3.8) is 0 Å². The van der Waals surface area contributed by atoms with Crippen molar-refractivity contribution >= 4 is 35.5 Å². The molecule has 0 unspecified atom stereocenters. The van der Waals surface area contributed by atoms with Crippen LogP contribution in [0.4, 0.5) is 0 Å². The third-order valence-corrected chi connectivity index (χ3v) is 12.2. The van der Waals surface area contributed by atoms with Crippen molar-refractivity contribution in [2.75, 3.05) is 19.1 Å². The second kappa shape index (κ2) is 11.2. The lowest BCUT2D eigenvalue weighted by Gasteiger charge is -2.32. The van der Waals surface area contributed by atoms with Gasteiger partial charge in [0.2, 0.25) is 0 Å². The molecule has 0 fully saturated rings. The minimum absolute atomic E-state index is 0.346. The smallest absolute Gasteiger partial charge is 0.156 e. The molecule has 34 heavy (non-hydrogen) atoms. The van der Waals surface area contributed by atoms with E-state index < -0.39 is 14.3 Å². The maximum Gasteiger partial charge on any atom is 0.156 e. The molecule has 0 radical (unpaired) electrons. The van der Waals surface area contributed by atoms with Crippen molar-refractivity contribution in [2.24, 2.45) is 0 Å². The third kappa shape index (κ3) is 5.34. The number of hydrogen-bond acceptors (Lipinski definition) is 3. The van der Waals surface area contributed by atoms with Crippen LogP contribution in [0.15, 0.2) is 121 Å². The lowest BCUT2D eigenvalue weighted by molar-refractivity contribution is 0.361. The molecule has 0 bridgehead atoms. The summed E-state index contributed by atoms with van der Waals surface area (Å²) in [5.74, 6) is 0. The van der Waals surface area contributed by atoms with Crippen LogP contribution in [0, 0.1) is 0 Å². The molecule has 0 aliphatic carbocycles. The van der Waals surface area contributed by atoms with Crippen molar-refractivity contribution in [3.8, 4) is 0 Å². The quantitative estimate of drug-likeness (QED) is 0.272. The molecule has 0 spiro atoms. The Balaban J connectivity index is 1.77. The van der Waals surface area contributed by atoms with Crippen LogP contribution in [-0.2, 0) is 9.13 Å². The van der Waals surface area contributed by atoms with E-state index in [2.05, 4.69) is 11.8 Å². The lowest BCUT2D eigenvalue weighted by Crippen LogP contribution is -2.35. The second-order valence-corrected chi connectivity index (χ2v) is 14.1. The van der Waals surface area contributed by atoms with Crippen molar-refractivity contribution in [3.05, 3.63) is 121 Å². The van der Waals surface area contributed by atoms with E-state index in [9.17, 15) is 9.13 Å². The Labute approximate surface area is 203 Å². The summed E-state index contributed by atoms with van der Waals surface area (Å²) in [7, 11) is -5.95. The first-order valence-corrected chi connectivity index (χ1v) is 15.5. The topological polar surface area (TPSA) is 37.4 Å². The average molecular weight is 488 g/mol. The molecule has 0 N–H and O–H groups in total. The summed E-state index contributed by atoms with van der Waals surface area (Å²) in [5.41, 5.74) is 0. The van der Waals surface area contributed by atoms with Gasteiger partial charge in [0.1, 0.15) is 0 Å². The molecule has 0 heterocycles. The van der Waals surface area contributed by atoms with Gasteiger partial charge in [0, 0.05) is 21.2 Å². The van der Waals surface area contributed by atoms with Gasteiger partial charge < -0.3 is 9.13 Å². The van der Waals surface area contributed by atoms with Crippen LogP contribution in [0.2, 0.25) is 0 Å². The van der Waals surface area contributed by atoms with Crippen molar-refractivity contribution < 1.29 is 9.13 Å². The molecule has 0 atom stereocenters. The Morgan fingerprint density at radius 2 is 0.765 bits per heavy atom. The molecule has 5 heteroatoms. The predicted molar refractivity (Wildman–Crippen MR) is 146 cm³/mol. The first kappa shape index (κ1) is 24.4. The van der Waals surface area contributed by atoms with Crippen LogP contribution in [-0.4, -0.2) is 24.0 Å². The number of benzene rings is 4. The molecular formula is C29H31NO2P2. The van der Waals surface area contributed by atoms with Crippen molar-refractivity contribution in [1.82, 2.24) is 4.90 Å². The van der Waals surface area contributed by atoms with Gasteiger partial charge in [-0.3, -0.25) is 4.90 Å². The van der Waals surface area contributed by atoms with Gasteiger partial charge in [0.05, 0.1) is 12.6 Å². The zero-order valence-electron chi connectivity index (χ0n) is 19.5. The first-order chi connectivity index (χ1) is 16.6. The lowest BCUT2D eigenvalue weighted by atomic mass is 10.4. The summed E-state index contributed by atoms with van der Waals surface area (Å²) < 4.78 is 29.5. The van der Waals surface area contributed by atoms with Crippen LogP contribution in [0.25, 0.3) is 0 Å². The molecule has 0 saturated heterocycles. The highest BCUT2D eigenvalue weighted by Gasteiger charge is 2.34. The molecule has 0 saturated carbocycles. The van der Waals surface area contributed by atoms with Crippen LogP contribution < -0.4 is 21.2 Å². The zero-order chi connectivity index (χ0) is 23.9. The SMILES string of the molecule is CCCN(CP(=O)(c1ccccc1)c1ccccc1)CP(=O)(c1ccccc1)c1ccccc1. The van der Waals surface area contributed by atoms with Crippen molar-refractivity contribution in [2.45, 2.75) is 13.3 Å². The Morgan fingerprint density at radius 1 is 0.500 bits per heavy atom. The van der Waals surface area contributed by atoms with Gasteiger partial charge in [-0.15, -0.1) is 0 Å². The first-order valence-electron chi connectivity index (χ1n) is 11.7. The van der Waals surface area contributed by atoms with E-state index in [0.717, 1.165) is 27.6 Å². The Hall–Kier alpha value is -2.70. The van der Waals surface area contributed by atoms with Crippen LogP contribution in [0.3, 0.4) is 0 Å². The summed E-state index contributed by atoms with van der Waals surface area (Å²) in [5, 5.41) is 3.32. The number of nitrogens with zero attached hydrogens (tertiary/aromatic N) is 1. The normalized spacial score (nSPS) is 12.1. The number of rotatable bonds is 10. The van der Waals surface area contributed by atoms with Gasteiger partial charge in [0.15, 0.2) is 14.3 Å². The Morgan fingerprint density at radius 3 is 1.00 bits per heavy atom. The molecule has 0 aromatic heterocycles. The second-order valence-electron chi connectivity index (χ2n) is 8.50. The minimum Gasteiger partial charge on any atom is -0.312 e. The maximum absolute atomic E-state index is 14.7. The highest BCUT2D eigenvalue weighted by atomic mass is 31.2. The molecule has 0 amide bonds. The van der Waals surface area contributed by atoms with Crippen LogP contribution >= 0.6 is 14.3 Å². The fourth-order valence-electron chi connectivity index (χ4n) is 4.37.